The highest BCUT2D eigenvalue weighted by Crippen LogP contribution is 2.41. The molecule has 0 aliphatic heterocycles. The van der Waals surface area contributed by atoms with Crippen LogP contribution in [0.25, 0.3) is 38.9 Å². The number of nitriles is 1. The van der Waals surface area contributed by atoms with E-state index in [0.717, 1.165) is 24.3 Å². The number of hydrogen-bond donors (Lipinski definition) is 0. The molecule has 5 nitrogen and oxygen atoms in total. The summed E-state index contributed by atoms with van der Waals surface area (Å²) in [6, 6.07) is 12.4. The van der Waals surface area contributed by atoms with E-state index in [1.54, 1.807) is 13.8 Å². The molecule has 0 unspecified atom stereocenters. The van der Waals surface area contributed by atoms with Crippen LogP contribution < -0.4 is 0 Å². The molecule has 0 saturated heterocycles. The van der Waals surface area contributed by atoms with Gasteiger partial charge in [0.2, 0.25) is 0 Å². The van der Waals surface area contributed by atoms with E-state index >= 15 is 0 Å². The van der Waals surface area contributed by atoms with Crippen molar-refractivity contribution in [1.82, 2.24) is 19.5 Å². The number of rotatable bonds is 2. The van der Waals surface area contributed by atoms with Crippen LogP contribution in [0.5, 0.6) is 0 Å². The number of hydrogen-bond acceptors (Lipinski definition) is 4. The predicted molar refractivity (Wildman–Crippen MR) is 124 cm³/mol. The minimum absolute atomic E-state index is 0.0167. The van der Waals surface area contributed by atoms with Crippen LogP contribution in [-0.4, -0.2) is 19.5 Å². The smallest absolute Gasteiger partial charge is 0.308 e. The van der Waals surface area contributed by atoms with Gasteiger partial charge in [-0.25, -0.2) is 15.0 Å². The van der Waals surface area contributed by atoms with Crippen LogP contribution in [0.15, 0.2) is 54.6 Å². The normalized spacial score (nSPS) is 12.3. The second-order valence-corrected chi connectivity index (χ2v) is 8.39. The van der Waals surface area contributed by atoms with Crippen LogP contribution in [0.2, 0.25) is 0 Å². The third kappa shape index (κ3) is 4.24. The Kier molecular flexibility index (Phi) is 5.44. The van der Waals surface area contributed by atoms with E-state index in [9.17, 15) is 31.6 Å². The number of benzene rings is 3. The zero-order valence-corrected chi connectivity index (χ0v) is 19.2. The van der Waals surface area contributed by atoms with Crippen LogP contribution >= 0.6 is 0 Å². The molecule has 0 spiro atoms. The van der Waals surface area contributed by atoms with E-state index in [0.29, 0.717) is 28.0 Å². The quantitative estimate of drug-likeness (QED) is 0.236. The molecule has 0 amide bonds. The lowest BCUT2D eigenvalue weighted by Crippen LogP contribution is -2.07. The van der Waals surface area contributed by atoms with Crippen molar-refractivity contribution in [2.45, 2.75) is 26.2 Å². The summed E-state index contributed by atoms with van der Waals surface area (Å²) in [5, 5.41) is 10.2. The first-order valence-corrected chi connectivity index (χ1v) is 10.8. The van der Waals surface area contributed by atoms with E-state index in [1.165, 1.54) is 34.9 Å². The van der Waals surface area contributed by atoms with Gasteiger partial charge in [0, 0.05) is 16.3 Å². The molecule has 5 rings (SSSR count). The topological polar surface area (TPSA) is 67.4 Å². The standard InChI is InChI=1S/C26H15F6N5/c1-13-34-14(2)36-24(35-13)20-6-3-15(12-33)9-21(20)37-22-10-16(25(27,28)29)4-7-18(22)19-8-5-17(11-23(19)37)26(30,31)32/h3-11H,1-2H3. The molecule has 0 aliphatic carbocycles. The molecule has 3 aromatic carbocycles. The maximum atomic E-state index is 13.6. The Bertz CT molecular complexity index is 1650. The van der Waals surface area contributed by atoms with Crippen molar-refractivity contribution in [2.75, 3.05) is 0 Å². The fourth-order valence-corrected chi connectivity index (χ4v) is 4.34. The summed E-state index contributed by atoms with van der Waals surface area (Å²) < 4.78 is 83.2. The van der Waals surface area contributed by atoms with Gasteiger partial charge in [0.25, 0.3) is 0 Å². The second-order valence-electron chi connectivity index (χ2n) is 8.39. The lowest BCUT2D eigenvalue weighted by atomic mass is 10.1. The SMILES string of the molecule is Cc1nc(C)nc(-c2ccc(C#N)cc2-n2c3cc(C(F)(F)F)ccc3c3ccc(C(F)(F)F)cc32)n1. The van der Waals surface area contributed by atoms with Crippen molar-refractivity contribution in [1.29, 1.82) is 5.26 Å². The number of aromatic nitrogens is 4. The molecule has 11 heteroatoms. The van der Waals surface area contributed by atoms with E-state index in [-0.39, 0.29) is 28.1 Å². The number of aryl methyl sites for hydroxylation is 2. The third-order valence-corrected chi connectivity index (χ3v) is 5.89. The van der Waals surface area contributed by atoms with Crippen molar-refractivity contribution in [3.05, 3.63) is 82.9 Å². The molecule has 0 radical (unpaired) electrons. The highest BCUT2D eigenvalue weighted by atomic mass is 19.4. The van der Waals surface area contributed by atoms with Crippen LogP contribution in [-0.2, 0) is 12.4 Å². The fraction of sp³-hybridized carbons (Fsp3) is 0.154. The first kappa shape index (κ1) is 24.2. The van der Waals surface area contributed by atoms with Gasteiger partial charge < -0.3 is 4.57 Å². The highest BCUT2D eigenvalue weighted by Gasteiger charge is 2.33. The van der Waals surface area contributed by atoms with Gasteiger partial charge in [-0.3, -0.25) is 0 Å². The van der Waals surface area contributed by atoms with Crippen LogP contribution in [0, 0.1) is 25.2 Å². The van der Waals surface area contributed by atoms with Crippen molar-refractivity contribution >= 4 is 21.8 Å². The first-order chi connectivity index (χ1) is 17.4. The summed E-state index contributed by atoms with van der Waals surface area (Å²) in [4.78, 5) is 12.8. The molecule has 2 aromatic heterocycles. The average Bonchev–Trinajstić information content (AvgIpc) is 3.15. The van der Waals surface area contributed by atoms with Gasteiger partial charge >= 0.3 is 12.4 Å². The number of halogens is 6. The van der Waals surface area contributed by atoms with Crippen molar-refractivity contribution in [3.63, 3.8) is 0 Å². The van der Waals surface area contributed by atoms with Crippen molar-refractivity contribution in [3.8, 4) is 23.1 Å². The van der Waals surface area contributed by atoms with Gasteiger partial charge in [-0.2, -0.15) is 31.6 Å². The molecular weight excluding hydrogens is 496 g/mol. The molecule has 5 aromatic rings. The molecule has 0 aliphatic rings. The summed E-state index contributed by atoms with van der Waals surface area (Å²) in [7, 11) is 0. The molecule has 37 heavy (non-hydrogen) atoms. The molecule has 0 atom stereocenters. The Morgan fingerprint density at radius 3 is 1.68 bits per heavy atom. The Morgan fingerprint density at radius 1 is 0.703 bits per heavy atom. The molecule has 0 saturated carbocycles. The minimum atomic E-state index is -4.69. The zero-order valence-electron chi connectivity index (χ0n) is 19.2. The number of fused-ring (bicyclic) bond motifs is 3. The Balaban J connectivity index is 1.97. The predicted octanol–water partition coefficient (Wildman–Crippen LogP) is 7.16. The van der Waals surface area contributed by atoms with E-state index in [2.05, 4.69) is 15.0 Å². The van der Waals surface area contributed by atoms with Crippen LogP contribution in [0.3, 0.4) is 0 Å². The van der Waals surface area contributed by atoms with Gasteiger partial charge in [-0.15, -0.1) is 0 Å². The molecule has 186 valence electrons. The van der Waals surface area contributed by atoms with Gasteiger partial charge in [0.05, 0.1) is 39.5 Å². The summed E-state index contributed by atoms with van der Waals surface area (Å²) in [5.41, 5.74) is -1.29. The Morgan fingerprint density at radius 2 is 1.22 bits per heavy atom. The van der Waals surface area contributed by atoms with Crippen molar-refractivity contribution < 1.29 is 26.3 Å². The summed E-state index contributed by atoms with van der Waals surface area (Å²) >= 11 is 0. The summed E-state index contributed by atoms with van der Waals surface area (Å²) in [6.45, 7) is 3.26. The number of alkyl halides is 6. The summed E-state index contributed by atoms with van der Waals surface area (Å²) in [5.74, 6) is 0.913. The van der Waals surface area contributed by atoms with Crippen molar-refractivity contribution in [2.24, 2.45) is 0 Å². The maximum absolute atomic E-state index is 13.6. The van der Waals surface area contributed by atoms with E-state index in [4.69, 9.17) is 0 Å². The first-order valence-electron chi connectivity index (χ1n) is 10.8. The average molecular weight is 511 g/mol. The zero-order chi connectivity index (χ0) is 26.7. The Hall–Kier alpha value is -4.46. The minimum Gasteiger partial charge on any atom is -0.308 e. The maximum Gasteiger partial charge on any atom is 0.416 e. The molecule has 0 fully saturated rings. The fourth-order valence-electron chi connectivity index (χ4n) is 4.34. The Labute approximate surface area is 205 Å². The lowest BCUT2D eigenvalue weighted by Gasteiger charge is -2.15. The molecule has 0 bridgehead atoms. The number of nitrogens with zero attached hydrogens (tertiary/aromatic N) is 5. The summed E-state index contributed by atoms with van der Waals surface area (Å²) in [6.07, 6.45) is -9.38. The monoisotopic (exact) mass is 511 g/mol. The van der Waals surface area contributed by atoms with Gasteiger partial charge in [-0.05, 0) is 56.3 Å². The lowest BCUT2D eigenvalue weighted by molar-refractivity contribution is -0.138. The molecule has 2 heterocycles. The second kappa shape index (κ2) is 8.30. The van der Waals surface area contributed by atoms with Crippen LogP contribution in [0.1, 0.15) is 28.3 Å². The van der Waals surface area contributed by atoms with E-state index < -0.39 is 23.5 Å². The largest absolute Gasteiger partial charge is 0.416 e. The third-order valence-electron chi connectivity index (χ3n) is 5.89. The van der Waals surface area contributed by atoms with Gasteiger partial charge in [0.1, 0.15) is 11.6 Å². The van der Waals surface area contributed by atoms with Gasteiger partial charge in [0.15, 0.2) is 5.82 Å². The van der Waals surface area contributed by atoms with Gasteiger partial charge in [-0.1, -0.05) is 12.1 Å². The van der Waals surface area contributed by atoms with Crippen LogP contribution in [0.4, 0.5) is 26.3 Å². The molecule has 0 N–H and O–H groups in total. The highest BCUT2D eigenvalue weighted by molar-refractivity contribution is 6.10. The van der Waals surface area contributed by atoms with E-state index in [1.807, 2.05) is 6.07 Å². The molecular formula is C26H15F6N5.